The molecule has 2 aliphatic rings. The SMILES string of the molecule is CC1=CC[C@H]2CO[C@H](CNCCO)[C@H]1C2. The molecule has 86 valence electrons. The first-order valence-corrected chi connectivity index (χ1v) is 5.91. The van der Waals surface area contributed by atoms with Crippen LogP contribution in [-0.4, -0.2) is 37.5 Å². The molecule has 0 saturated carbocycles. The van der Waals surface area contributed by atoms with Crippen molar-refractivity contribution < 1.29 is 9.84 Å². The van der Waals surface area contributed by atoms with Gasteiger partial charge in [0.25, 0.3) is 0 Å². The monoisotopic (exact) mass is 211 g/mol. The van der Waals surface area contributed by atoms with Gasteiger partial charge >= 0.3 is 0 Å². The predicted molar refractivity (Wildman–Crippen MR) is 59.7 cm³/mol. The second kappa shape index (κ2) is 5.10. The van der Waals surface area contributed by atoms with Crippen molar-refractivity contribution in [3.8, 4) is 0 Å². The molecule has 1 heterocycles. The summed E-state index contributed by atoms with van der Waals surface area (Å²) in [6, 6.07) is 0. The Morgan fingerprint density at radius 3 is 3.27 bits per heavy atom. The van der Waals surface area contributed by atoms with Crippen LogP contribution in [0.5, 0.6) is 0 Å². The topological polar surface area (TPSA) is 41.5 Å². The highest BCUT2D eigenvalue weighted by atomic mass is 16.5. The third-order valence-electron chi connectivity index (χ3n) is 3.57. The number of fused-ring (bicyclic) bond motifs is 2. The lowest BCUT2D eigenvalue weighted by molar-refractivity contribution is -0.0477. The number of nitrogens with one attached hydrogen (secondary N) is 1. The average molecular weight is 211 g/mol. The van der Waals surface area contributed by atoms with Crippen LogP contribution < -0.4 is 5.32 Å². The fourth-order valence-corrected chi connectivity index (χ4v) is 2.63. The largest absolute Gasteiger partial charge is 0.395 e. The smallest absolute Gasteiger partial charge is 0.0764 e. The Balaban J connectivity index is 1.89. The lowest BCUT2D eigenvalue weighted by Gasteiger charge is -2.40. The van der Waals surface area contributed by atoms with E-state index in [2.05, 4.69) is 18.3 Å². The molecule has 0 radical (unpaired) electrons. The van der Waals surface area contributed by atoms with Gasteiger partial charge in [-0.05, 0) is 25.7 Å². The van der Waals surface area contributed by atoms with Gasteiger partial charge in [-0.1, -0.05) is 11.6 Å². The quantitative estimate of drug-likeness (QED) is 0.537. The molecule has 1 saturated heterocycles. The molecular weight excluding hydrogens is 190 g/mol. The maximum Gasteiger partial charge on any atom is 0.0764 e. The molecule has 0 amide bonds. The predicted octanol–water partition coefficient (Wildman–Crippen LogP) is 0.940. The molecule has 3 nitrogen and oxygen atoms in total. The summed E-state index contributed by atoms with van der Waals surface area (Å²) in [5, 5.41) is 11.9. The second-order valence-corrected chi connectivity index (χ2v) is 4.69. The summed E-state index contributed by atoms with van der Waals surface area (Å²) in [5.74, 6) is 1.34. The second-order valence-electron chi connectivity index (χ2n) is 4.69. The number of hydrogen-bond donors (Lipinski definition) is 2. The van der Waals surface area contributed by atoms with E-state index in [1.165, 1.54) is 18.4 Å². The average Bonchev–Trinajstić information content (AvgIpc) is 2.26. The molecule has 2 N–H and O–H groups in total. The zero-order valence-electron chi connectivity index (χ0n) is 9.41. The van der Waals surface area contributed by atoms with Crippen LogP contribution in [0.1, 0.15) is 19.8 Å². The van der Waals surface area contributed by atoms with E-state index in [1.807, 2.05) is 0 Å². The van der Waals surface area contributed by atoms with Crippen molar-refractivity contribution in [1.29, 1.82) is 0 Å². The van der Waals surface area contributed by atoms with Crippen LogP contribution in [-0.2, 0) is 4.74 Å². The molecule has 0 aromatic heterocycles. The van der Waals surface area contributed by atoms with Gasteiger partial charge in [-0.15, -0.1) is 0 Å². The normalized spacial score (nSPS) is 35.1. The molecule has 0 unspecified atom stereocenters. The summed E-state index contributed by atoms with van der Waals surface area (Å²) in [5.41, 5.74) is 1.49. The number of aliphatic hydroxyl groups excluding tert-OH is 1. The van der Waals surface area contributed by atoms with Gasteiger partial charge in [0.2, 0.25) is 0 Å². The maximum atomic E-state index is 8.71. The summed E-state index contributed by atoms with van der Waals surface area (Å²) in [7, 11) is 0. The Kier molecular flexibility index (Phi) is 3.78. The molecule has 1 aliphatic carbocycles. The summed E-state index contributed by atoms with van der Waals surface area (Å²) >= 11 is 0. The Morgan fingerprint density at radius 2 is 2.47 bits per heavy atom. The molecule has 3 atom stereocenters. The van der Waals surface area contributed by atoms with Gasteiger partial charge in [0.05, 0.1) is 19.3 Å². The molecule has 3 heteroatoms. The van der Waals surface area contributed by atoms with Crippen LogP contribution in [0.25, 0.3) is 0 Å². The molecular formula is C12H21NO2. The lowest BCUT2D eigenvalue weighted by atomic mass is 9.77. The van der Waals surface area contributed by atoms with Gasteiger partial charge in [-0.25, -0.2) is 0 Å². The fraction of sp³-hybridized carbons (Fsp3) is 0.833. The molecule has 15 heavy (non-hydrogen) atoms. The first-order chi connectivity index (χ1) is 7.31. The molecule has 2 rings (SSSR count). The fourth-order valence-electron chi connectivity index (χ4n) is 2.63. The Labute approximate surface area is 91.5 Å². The maximum absolute atomic E-state index is 8.71. The summed E-state index contributed by atoms with van der Waals surface area (Å²) in [6.07, 6.45) is 5.16. The van der Waals surface area contributed by atoms with Gasteiger partial charge in [0.1, 0.15) is 0 Å². The van der Waals surface area contributed by atoms with Gasteiger partial charge in [-0.2, -0.15) is 0 Å². The van der Waals surface area contributed by atoms with Crippen molar-refractivity contribution in [2.24, 2.45) is 11.8 Å². The molecule has 0 spiro atoms. The minimum Gasteiger partial charge on any atom is -0.395 e. The Morgan fingerprint density at radius 1 is 1.60 bits per heavy atom. The molecule has 2 bridgehead atoms. The number of hydrogen-bond acceptors (Lipinski definition) is 3. The number of allylic oxidation sites excluding steroid dienone is 1. The van der Waals surface area contributed by atoms with Crippen molar-refractivity contribution in [3.05, 3.63) is 11.6 Å². The first-order valence-electron chi connectivity index (χ1n) is 5.91. The van der Waals surface area contributed by atoms with Gasteiger partial charge in [-0.3, -0.25) is 0 Å². The van der Waals surface area contributed by atoms with E-state index in [1.54, 1.807) is 0 Å². The molecule has 0 aromatic rings. The van der Waals surface area contributed by atoms with Gasteiger partial charge in [0, 0.05) is 19.0 Å². The van der Waals surface area contributed by atoms with Crippen LogP contribution in [0.3, 0.4) is 0 Å². The first kappa shape index (κ1) is 11.1. The van der Waals surface area contributed by atoms with Crippen LogP contribution in [0.4, 0.5) is 0 Å². The minimum absolute atomic E-state index is 0.203. The van der Waals surface area contributed by atoms with Crippen LogP contribution in [0.2, 0.25) is 0 Å². The van der Waals surface area contributed by atoms with E-state index in [0.29, 0.717) is 18.6 Å². The highest BCUT2D eigenvalue weighted by molar-refractivity contribution is 5.12. The number of aliphatic hydroxyl groups is 1. The van der Waals surface area contributed by atoms with E-state index in [-0.39, 0.29) is 6.61 Å². The van der Waals surface area contributed by atoms with E-state index in [0.717, 1.165) is 19.1 Å². The standard InChI is InChI=1S/C12H21NO2/c1-9-2-3-10-6-11(9)12(15-8-10)7-13-4-5-14/h2,10-14H,3-8H2,1H3/t10-,11+,12-/m1/s1. The van der Waals surface area contributed by atoms with E-state index < -0.39 is 0 Å². The lowest BCUT2D eigenvalue weighted by Crippen LogP contribution is -2.43. The van der Waals surface area contributed by atoms with Crippen molar-refractivity contribution in [2.75, 3.05) is 26.3 Å². The molecule has 0 aromatic carbocycles. The van der Waals surface area contributed by atoms with Crippen molar-refractivity contribution in [3.63, 3.8) is 0 Å². The van der Waals surface area contributed by atoms with Crippen LogP contribution in [0.15, 0.2) is 11.6 Å². The summed E-state index contributed by atoms with van der Waals surface area (Å²) in [6.45, 7) is 4.86. The highest BCUT2D eigenvalue weighted by Gasteiger charge is 2.34. The van der Waals surface area contributed by atoms with Crippen LogP contribution in [0, 0.1) is 11.8 Å². The summed E-state index contributed by atoms with van der Waals surface area (Å²) < 4.78 is 5.88. The zero-order chi connectivity index (χ0) is 10.7. The third-order valence-corrected chi connectivity index (χ3v) is 3.57. The van der Waals surface area contributed by atoms with Gasteiger partial charge in [0.15, 0.2) is 0 Å². The van der Waals surface area contributed by atoms with E-state index >= 15 is 0 Å². The Hall–Kier alpha value is -0.380. The van der Waals surface area contributed by atoms with E-state index in [9.17, 15) is 0 Å². The van der Waals surface area contributed by atoms with Gasteiger partial charge < -0.3 is 15.2 Å². The number of rotatable bonds is 4. The third kappa shape index (κ3) is 2.60. The van der Waals surface area contributed by atoms with E-state index in [4.69, 9.17) is 9.84 Å². The highest BCUT2D eigenvalue weighted by Crippen LogP contribution is 2.36. The Bertz CT molecular complexity index is 240. The number of ether oxygens (including phenoxy) is 1. The van der Waals surface area contributed by atoms with Crippen molar-refractivity contribution >= 4 is 0 Å². The van der Waals surface area contributed by atoms with Crippen molar-refractivity contribution in [1.82, 2.24) is 5.32 Å². The molecule has 1 fully saturated rings. The van der Waals surface area contributed by atoms with Crippen molar-refractivity contribution in [2.45, 2.75) is 25.9 Å². The molecule has 1 aliphatic heterocycles. The summed E-state index contributed by atoms with van der Waals surface area (Å²) in [4.78, 5) is 0. The van der Waals surface area contributed by atoms with Crippen LogP contribution >= 0.6 is 0 Å². The minimum atomic E-state index is 0.203. The zero-order valence-corrected chi connectivity index (χ0v) is 9.41.